The van der Waals surface area contributed by atoms with E-state index < -0.39 is 11.4 Å². The van der Waals surface area contributed by atoms with Crippen LogP contribution in [0.5, 0.6) is 0 Å². The van der Waals surface area contributed by atoms with E-state index in [4.69, 9.17) is 10.2 Å². The van der Waals surface area contributed by atoms with Crippen molar-refractivity contribution >= 4 is 5.82 Å². The SMILES string of the molecule is CCC1CCN(c2cnc(C#CC3(O)CCCC3)c(-c3ccc(C#N)c(F)c3)n2)CC1. The minimum absolute atomic E-state index is 0.0117. The first-order chi connectivity index (χ1) is 15.0. The van der Waals surface area contributed by atoms with Gasteiger partial charge in [-0.25, -0.2) is 14.4 Å². The number of benzene rings is 1. The fraction of sp³-hybridized carbons (Fsp3) is 0.480. The number of aliphatic hydroxyl groups is 1. The Hall–Kier alpha value is -2.96. The van der Waals surface area contributed by atoms with Gasteiger partial charge in [0.1, 0.15) is 34.7 Å². The Kier molecular flexibility index (Phi) is 6.20. The minimum atomic E-state index is -0.991. The molecule has 6 heteroatoms. The standard InChI is InChI=1S/C25H27FN4O/c1-2-18-8-13-30(14-9-18)23-17-28-22(7-12-25(31)10-3-4-11-25)24(29-23)19-5-6-20(16-27)21(26)15-19/h5-6,15,17-18,31H,2-4,8-11,13-14H2,1H3. The van der Waals surface area contributed by atoms with Gasteiger partial charge in [-0.1, -0.05) is 25.3 Å². The average molecular weight is 419 g/mol. The third-order valence-corrected chi connectivity index (χ3v) is 6.48. The van der Waals surface area contributed by atoms with Gasteiger partial charge in [-0.05, 0) is 62.5 Å². The van der Waals surface area contributed by atoms with Crippen LogP contribution in [0.15, 0.2) is 24.4 Å². The Bertz CT molecular complexity index is 1050. The topological polar surface area (TPSA) is 73.0 Å². The summed E-state index contributed by atoms with van der Waals surface area (Å²) < 4.78 is 14.3. The van der Waals surface area contributed by atoms with Crippen molar-refractivity contribution < 1.29 is 9.50 Å². The fourth-order valence-corrected chi connectivity index (χ4v) is 4.41. The molecule has 2 aromatic rings. The van der Waals surface area contributed by atoms with Gasteiger partial charge in [0.15, 0.2) is 0 Å². The molecule has 1 aromatic carbocycles. The number of nitrogens with zero attached hydrogens (tertiary/aromatic N) is 4. The van der Waals surface area contributed by atoms with Crippen LogP contribution in [-0.2, 0) is 0 Å². The molecule has 0 unspecified atom stereocenters. The average Bonchev–Trinajstić information content (AvgIpc) is 3.24. The largest absolute Gasteiger partial charge is 0.378 e. The van der Waals surface area contributed by atoms with Gasteiger partial charge >= 0.3 is 0 Å². The summed E-state index contributed by atoms with van der Waals surface area (Å²) in [7, 11) is 0. The summed E-state index contributed by atoms with van der Waals surface area (Å²) in [6.45, 7) is 4.06. The van der Waals surface area contributed by atoms with Crippen molar-refractivity contribution in [3.8, 4) is 29.2 Å². The fourth-order valence-electron chi connectivity index (χ4n) is 4.41. The second kappa shape index (κ2) is 9.04. The van der Waals surface area contributed by atoms with E-state index in [0.717, 1.165) is 50.5 Å². The third kappa shape index (κ3) is 4.70. The smallest absolute Gasteiger partial charge is 0.147 e. The Morgan fingerprint density at radius 3 is 2.65 bits per heavy atom. The number of nitriles is 1. The maximum absolute atomic E-state index is 14.3. The second-order valence-electron chi connectivity index (χ2n) is 8.56. The minimum Gasteiger partial charge on any atom is -0.378 e. The van der Waals surface area contributed by atoms with Crippen LogP contribution in [0.1, 0.15) is 63.1 Å². The van der Waals surface area contributed by atoms with Gasteiger partial charge in [0, 0.05) is 18.7 Å². The van der Waals surface area contributed by atoms with Gasteiger partial charge < -0.3 is 10.0 Å². The lowest BCUT2D eigenvalue weighted by molar-refractivity contribution is 0.110. The van der Waals surface area contributed by atoms with Crippen LogP contribution in [0.2, 0.25) is 0 Å². The molecule has 1 saturated carbocycles. The first-order valence-corrected chi connectivity index (χ1v) is 11.1. The zero-order chi connectivity index (χ0) is 21.8. The number of halogens is 1. The van der Waals surface area contributed by atoms with Gasteiger partial charge in [-0.15, -0.1) is 0 Å². The zero-order valence-electron chi connectivity index (χ0n) is 17.9. The molecule has 4 rings (SSSR count). The van der Waals surface area contributed by atoms with E-state index in [1.807, 2.05) is 6.07 Å². The molecule has 160 valence electrons. The zero-order valence-corrected chi connectivity index (χ0v) is 17.9. The van der Waals surface area contributed by atoms with Crippen LogP contribution in [-0.4, -0.2) is 33.8 Å². The predicted octanol–water partition coefficient (Wildman–Crippen LogP) is 4.44. The van der Waals surface area contributed by atoms with Crippen molar-refractivity contribution in [2.45, 2.75) is 57.5 Å². The van der Waals surface area contributed by atoms with Gasteiger partial charge in [0.25, 0.3) is 0 Å². The molecular formula is C25H27FN4O. The highest BCUT2D eigenvalue weighted by molar-refractivity contribution is 5.68. The lowest BCUT2D eigenvalue weighted by atomic mass is 9.94. The third-order valence-electron chi connectivity index (χ3n) is 6.48. The molecule has 5 nitrogen and oxygen atoms in total. The van der Waals surface area contributed by atoms with Crippen LogP contribution in [0, 0.1) is 34.9 Å². The maximum Gasteiger partial charge on any atom is 0.147 e. The van der Waals surface area contributed by atoms with Crippen molar-refractivity contribution in [3.63, 3.8) is 0 Å². The van der Waals surface area contributed by atoms with E-state index in [1.165, 1.54) is 18.6 Å². The lowest BCUT2D eigenvalue weighted by Crippen LogP contribution is -2.34. The molecule has 1 aromatic heterocycles. The molecule has 2 fully saturated rings. The summed E-state index contributed by atoms with van der Waals surface area (Å²) in [5.41, 5.74) is 0.416. The number of hydrogen-bond acceptors (Lipinski definition) is 5. The summed E-state index contributed by atoms with van der Waals surface area (Å²) >= 11 is 0. The van der Waals surface area contributed by atoms with Crippen LogP contribution < -0.4 is 4.90 Å². The molecule has 2 aliphatic rings. The van der Waals surface area contributed by atoms with Crippen molar-refractivity contribution in [1.82, 2.24) is 9.97 Å². The molecule has 1 aliphatic heterocycles. The Morgan fingerprint density at radius 1 is 1.26 bits per heavy atom. The van der Waals surface area contributed by atoms with Crippen LogP contribution >= 0.6 is 0 Å². The summed E-state index contributed by atoms with van der Waals surface area (Å²) in [5, 5.41) is 19.7. The maximum atomic E-state index is 14.3. The summed E-state index contributed by atoms with van der Waals surface area (Å²) in [4.78, 5) is 11.6. The highest BCUT2D eigenvalue weighted by Gasteiger charge is 2.29. The summed E-state index contributed by atoms with van der Waals surface area (Å²) in [5.74, 6) is 6.89. The molecule has 0 radical (unpaired) electrons. The molecule has 0 bridgehead atoms. The molecule has 1 aliphatic carbocycles. The van der Waals surface area contributed by atoms with Crippen molar-refractivity contribution in [3.05, 3.63) is 41.5 Å². The number of piperidine rings is 1. The molecule has 1 N–H and O–H groups in total. The van der Waals surface area contributed by atoms with E-state index in [-0.39, 0.29) is 5.56 Å². The van der Waals surface area contributed by atoms with E-state index in [9.17, 15) is 9.50 Å². The lowest BCUT2D eigenvalue weighted by Gasteiger charge is -2.32. The summed E-state index contributed by atoms with van der Waals surface area (Å²) in [6.07, 6.45) is 8.36. The number of anilines is 1. The van der Waals surface area contributed by atoms with E-state index in [0.29, 0.717) is 29.8 Å². The van der Waals surface area contributed by atoms with Crippen LogP contribution in [0.4, 0.5) is 10.2 Å². The highest BCUT2D eigenvalue weighted by Crippen LogP contribution is 2.30. The normalized spacial score (nSPS) is 18.3. The number of hydrogen-bond donors (Lipinski definition) is 1. The molecular weight excluding hydrogens is 391 g/mol. The number of aromatic nitrogens is 2. The first-order valence-electron chi connectivity index (χ1n) is 11.1. The van der Waals surface area contributed by atoms with Crippen molar-refractivity contribution in [1.29, 1.82) is 5.26 Å². The van der Waals surface area contributed by atoms with Crippen LogP contribution in [0.25, 0.3) is 11.3 Å². The van der Waals surface area contributed by atoms with Gasteiger partial charge in [-0.3, -0.25) is 0 Å². The first kappa shape index (κ1) is 21.3. The molecule has 31 heavy (non-hydrogen) atoms. The van der Waals surface area contributed by atoms with Gasteiger partial charge in [-0.2, -0.15) is 5.26 Å². The van der Waals surface area contributed by atoms with Crippen molar-refractivity contribution in [2.24, 2.45) is 5.92 Å². The molecule has 0 amide bonds. The molecule has 0 atom stereocenters. The quantitative estimate of drug-likeness (QED) is 0.746. The van der Waals surface area contributed by atoms with Crippen molar-refractivity contribution in [2.75, 3.05) is 18.0 Å². The highest BCUT2D eigenvalue weighted by atomic mass is 19.1. The summed E-state index contributed by atoms with van der Waals surface area (Å²) in [6, 6.07) is 6.29. The Morgan fingerprint density at radius 2 is 2.00 bits per heavy atom. The molecule has 0 spiro atoms. The second-order valence-corrected chi connectivity index (χ2v) is 8.56. The van der Waals surface area contributed by atoms with E-state index in [2.05, 4.69) is 28.6 Å². The molecule has 2 heterocycles. The van der Waals surface area contributed by atoms with Gasteiger partial charge in [0.2, 0.25) is 0 Å². The Balaban J connectivity index is 1.72. The monoisotopic (exact) mass is 418 g/mol. The Labute approximate surface area is 183 Å². The van der Waals surface area contributed by atoms with Gasteiger partial charge in [0.05, 0.1) is 11.8 Å². The molecule has 1 saturated heterocycles. The predicted molar refractivity (Wildman–Crippen MR) is 118 cm³/mol. The van der Waals surface area contributed by atoms with E-state index >= 15 is 0 Å². The van der Waals surface area contributed by atoms with E-state index in [1.54, 1.807) is 12.3 Å². The number of rotatable bonds is 3. The van der Waals surface area contributed by atoms with Crippen LogP contribution in [0.3, 0.4) is 0 Å².